The SMILES string of the molecule is O=C(NC(c1ccccc1)c1ccccc1)c1cccc(NC2CC2)n1. The summed E-state index contributed by atoms with van der Waals surface area (Å²) in [5.74, 6) is 0.582. The summed E-state index contributed by atoms with van der Waals surface area (Å²) in [6, 6.07) is 25.8. The average Bonchev–Trinajstić information content (AvgIpc) is 3.51. The fraction of sp³-hybridized carbons (Fsp3) is 0.182. The predicted molar refractivity (Wildman–Crippen MR) is 103 cm³/mol. The van der Waals surface area contributed by atoms with Gasteiger partial charge >= 0.3 is 0 Å². The summed E-state index contributed by atoms with van der Waals surface area (Å²) in [7, 11) is 0. The number of hydrogen-bond donors (Lipinski definition) is 2. The van der Waals surface area contributed by atoms with E-state index in [4.69, 9.17) is 0 Å². The number of carbonyl (C=O) groups is 1. The minimum absolute atomic E-state index is 0.179. The standard InChI is InChI=1S/C22H21N3O/c26-22(19-12-7-13-20(24-19)23-18-14-15-18)25-21(16-8-3-1-4-9-16)17-10-5-2-6-11-17/h1-13,18,21H,14-15H2,(H,23,24)(H,25,26). The topological polar surface area (TPSA) is 54.0 Å². The van der Waals surface area contributed by atoms with Gasteiger partial charge in [-0.05, 0) is 36.1 Å². The predicted octanol–water partition coefficient (Wildman–Crippen LogP) is 4.18. The van der Waals surface area contributed by atoms with Crippen LogP contribution in [0.25, 0.3) is 0 Å². The lowest BCUT2D eigenvalue weighted by Gasteiger charge is -2.20. The number of nitrogens with zero attached hydrogens (tertiary/aromatic N) is 1. The third-order valence-electron chi connectivity index (χ3n) is 4.45. The molecule has 0 radical (unpaired) electrons. The third-order valence-corrected chi connectivity index (χ3v) is 4.45. The first kappa shape index (κ1) is 16.3. The Morgan fingerprint density at radius 1 is 0.846 bits per heavy atom. The van der Waals surface area contributed by atoms with Crippen molar-refractivity contribution in [3.63, 3.8) is 0 Å². The molecule has 0 spiro atoms. The number of rotatable bonds is 6. The molecule has 0 saturated heterocycles. The monoisotopic (exact) mass is 343 g/mol. The zero-order valence-electron chi connectivity index (χ0n) is 14.4. The third kappa shape index (κ3) is 3.91. The molecule has 1 amide bonds. The van der Waals surface area contributed by atoms with Crippen molar-refractivity contribution in [1.29, 1.82) is 0 Å². The first-order chi connectivity index (χ1) is 12.8. The Labute approximate surface area is 153 Å². The van der Waals surface area contributed by atoms with Crippen molar-refractivity contribution in [2.45, 2.75) is 24.9 Å². The van der Waals surface area contributed by atoms with Crippen molar-refractivity contribution < 1.29 is 4.79 Å². The van der Waals surface area contributed by atoms with Gasteiger partial charge in [0.1, 0.15) is 11.5 Å². The van der Waals surface area contributed by atoms with Gasteiger partial charge < -0.3 is 10.6 Å². The molecule has 1 fully saturated rings. The van der Waals surface area contributed by atoms with Crippen molar-refractivity contribution in [3.05, 3.63) is 95.7 Å². The van der Waals surface area contributed by atoms with Crippen LogP contribution in [0, 0.1) is 0 Å². The molecule has 1 heterocycles. The first-order valence-corrected chi connectivity index (χ1v) is 8.94. The molecular weight excluding hydrogens is 322 g/mol. The second-order valence-corrected chi connectivity index (χ2v) is 6.55. The maximum Gasteiger partial charge on any atom is 0.270 e. The van der Waals surface area contributed by atoms with Gasteiger partial charge in [-0.15, -0.1) is 0 Å². The zero-order valence-corrected chi connectivity index (χ0v) is 14.4. The van der Waals surface area contributed by atoms with E-state index in [-0.39, 0.29) is 11.9 Å². The van der Waals surface area contributed by atoms with Crippen LogP contribution < -0.4 is 10.6 Å². The molecule has 1 aliphatic carbocycles. The van der Waals surface area contributed by atoms with E-state index in [0.717, 1.165) is 16.9 Å². The second kappa shape index (κ2) is 7.40. The fourth-order valence-corrected chi connectivity index (χ4v) is 2.93. The van der Waals surface area contributed by atoms with Gasteiger partial charge in [-0.3, -0.25) is 4.79 Å². The number of aromatic nitrogens is 1. The Balaban J connectivity index is 1.58. The highest BCUT2D eigenvalue weighted by molar-refractivity contribution is 5.93. The Hall–Kier alpha value is -3.14. The van der Waals surface area contributed by atoms with Gasteiger partial charge in [0.15, 0.2) is 0 Å². The van der Waals surface area contributed by atoms with E-state index in [0.29, 0.717) is 11.7 Å². The quantitative estimate of drug-likeness (QED) is 0.706. The molecule has 1 aliphatic rings. The van der Waals surface area contributed by atoms with Crippen LogP contribution in [-0.4, -0.2) is 16.9 Å². The molecule has 2 N–H and O–H groups in total. The van der Waals surface area contributed by atoms with E-state index in [1.54, 1.807) is 6.07 Å². The largest absolute Gasteiger partial charge is 0.367 e. The van der Waals surface area contributed by atoms with Gasteiger partial charge in [-0.25, -0.2) is 4.98 Å². The molecule has 4 heteroatoms. The Kier molecular flexibility index (Phi) is 4.65. The summed E-state index contributed by atoms with van der Waals surface area (Å²) in [6.07, 6.45) is 2.34. The summed E-state index contributed by atoms with van der Waals surface area (Å²) in [6.45, 7) is 0. The van der Waals surface area contributed by atoms with Gasteiger partial charge in [0.05, 0.1) is 6.04 Å². The fourth-order valence-electron chi connectivity index (χ4n) is 2.93. The maximum absolute atomic E-state index is 12.9. The van der Waals surface area contributed by atoms with E-state index in [9.17, 15) is 4.79 Å². The minimum Gasteiger partial charge on any atom is -0.367 e. The van der Waals surface area contributed by atoms with Crippen molar-refractivity contribution in [1.82, 2.24) is 10.3 Å². The van der Waals surface area contributed by atoms with Gasteiger partial charge in [-0.1, -0.05) is 66.7 Å². The first-order valence-electron chi connectivity index (χ1n) is 8.94. The summed E-state index contributed by atoms with van der Waals surface area (Å²) >= 11 is 0. The highest BCUT2D eigenvalue weighted by Crippen LogP contribution is 2.24. The number of nitrogens with one attached hydrogen (secondary N) is 2. The van der Waals surface area contributed by atoms with Crippen LogP contribution in [0.2, 0.25) is 0 Å². The van der Waals surface area contributed by atoms with Gasteiger partial charge in [-0.2, -0.15) is 0 Å². The van der Waals surface area contributed by atoms with Crippen LogP contribution in [0.3, 0.4) is 0 Å². The molecular formula is C22H21N3O. The van der Waals surface area contributed by atoms with Crippen LogP contribution >= 0.6 is 0 Å². The van der Waals surface area contributed by atoms with Gasteiger partial charge in [0.25, 0.3) is 5.91 Å². The molecule has 2 aromatic carbocycles. The highest BCUT2D eigenvalue weighted by atomic mass is 16.1. The zero-order chi connectivity index (χ0) is 17.8. The number of anilines is 1. The molecule has 4 rings (SSSR count). The average molecular weight is 343 g/mol. The van der Waals surface area contributed by atoms with E-state index in [1.165, 1.54) is 12.8 Å². The van der Waals surface area contributed by atoms with Crippen molar-refractivity contribution in [3.8, 4) is 0 Å². The van der Waals surface area contributed by atoms with Crippen LogP contribution in [0.1, 0.15) is 40.5 Å². The molecule has 26 heavy (non-hydrogen) atoms. The van der Waals surface area contributed by atoms with E-state index in [1.807, 2.05) is 72.8 Å². The molecule has 1 saturated carbocycles. The normalized spacial score (nSPS) is 13.4. The number of pyridine rings is 1. The molecule has 3 aromatic rings. The number of hydrogen-bond acceptors (Lipinski definition) is 3. The lowest BCUT2D eigenvalue weighted by atomic mass is 9.98. The number of benzene rings is 2. The Morgan fingerprint density at radius 3 is 2.04 bits per heavy atom. The van der Waals surface area contributed by atoms with E-state index < -0.39 is 0 Å². The Morgan fingerprint density at radius 2 is 1.46 bits per heavy atom. The highest BCUT2D eigenvalue weighted by Gasteiger charge is 2.22. The molecule has 4 nitrogen and oxygen atoms in total. The molecule has 0 unspecified atom stereocenters. The van der Waals surface area contributed by atoms with Crippen molar-refractivity contribution in [2.75, 3.05) is 5.32 Å². The maximum atomic E-state index is 12.9. The number of amides is 1. The van der Waals surface area contributed by atoms with Crippen LogP contribution in [0.4, 0.5) is 5.82 Å². The van der Waals surface area contributed by atoms with Gasteiger partial charge in [0, 0.05) is 6.04 Å². The lowest BCUT2D eigenvalue weighted by Crippen LogP contribution is -2.30. The smallest absolute Gasteiger partial charge is 0.270 e. The van der Waals surface area contributed by atoms with Crippen LogP contribution in [0.15, 0.2) is 78.9 Å². The molecule has 0 atom stereocenters. The van der Waals surface area contributed by atoms with Gasteiger partial charge in [0.2, 0.25) is 0 Å². The minimum atomic E-state index is -0.216. The van der Waals surface area contributed by atoms with Crippen molar-refractivity contribution >= 4 is 11.7 Å². The second-order valence-electron chi connectivity index (χ2n) is 6.55. The molecule has 1 aromatic heterocycles. The van der Waals surface area contributed by atoms with Crippen molar-refractivity contribution in [2.24, 2.45) is 0 Å². The summed E-state index contributed by atoms with van der Waals surface area (Å²) in [5, 5.41) is 6.47. The summed E-state index contributed by atoms with van der Waals surface area (Å²) in [5.41, 5.74) is 2.51. The molecule has 0 aliphatic heterocycles. The van der Waals surface area contributed by atoms with E-state index in [2.05, 4.69) is 15.6 Å². The lowest BCUT2D eigenvalue weighted by molar-refractivity contribution is 0.0938. The molecule has 130 valence electrons. The van der Waals surface area contributed by atoms with Crippen LogP contribution in [-0.2, 0) is 0 Å². The van der Waals surface area contributed by atoms with Crippen LogP contribution in [0.5, 0.6) is 0 Å². The summed E-state index contributed by atoms with van der Waals surface area (Å²) in [4.78, 5) is 17.3. The number of carbonyl (C=O) groups excluding carboxylic acids is 1. The molecule has 0 bridgehead atoms. The Bertz CT molecular complexity index is 837. The summed E-state index contributed by atoms with van der Waals surface area (Å²) < 4.78 is 0. The van der Waals surface area contributed by atoms with E-state index >= 15 is 0 Å².